The molecule has 176 valence electrons. The van der Waals surface area contributed by atoms with E-state index in [2.05, 4.69) is 10.2 Å². The van der Waals surface area contributed by atoms with Crippen LogP contribution in [0.1, 0.15) is 19.1 Å². The van der Waals surface area contributed by atoms with Gasteiger partial charge in [0, 0.05) is 65.7 Å². The van der Waals surface area contributed by atoms with Gasteiger partial charge in [0.1, 0.15) is 11.5 Å². The molecule has 1 fully saturated rings. The number of anilines is 2. The van der Waals surface area contributed by atoms with Crippen LogP contribution in [0.3, 0.4) is 0 Å². The highest BCUT2D eigenvalue weighted by Crippen LogP contribution is 2.29. The van der Waals surface area contributed by atoms with Crippen LogP contribution in [0.4, 0.5) is 11.4 Å². The van der Waals surface area contributed by atoms with Crippen molar-refractivity contribution in [3.63, 3.8) is 0 Å². The zero-order valence-corrected chi connectivity index (χ0v) is 20.3. The summed E-state index contributed by atoms with van der Waals surface area (Å²) in [6.45, 7) is 4.95. The Morgan fingerprint density at radius 3 is 2.29 bits per heavy atom. The molecule has 0 spiro atoms. The van der Waals surface area contributed by atoms with E-state index in [0.717, 1.165) is 37.4 Å². The molecule has 0 unspecified atom stereocenters. The lowest BCUT2D eigenvalue weighted by Gasteiger charge is -2.36. The second-order valence-corrected chi connectivity index (χ2v) is 8.82. The summed E-state index contributed by atoms with van der Waals surface area (Å²) >= 11 is 12.1. The van der Waals surface area contributed by atoms with Crippen molar-refractivity contribution in [1.82, 2.24) is 4.90 Å². The zero-order valence-electron chi connectivity index (χ0n) is 18.8. The van der Waals surface area contributed by atoms with Crippen LogP contribution < -0.4 is 10.2 Å². The third-order valence-corrected chi connectivity index (χ3v) is 6.04. The molecule has 1 aliphatic rings. The number of amides is 2. The van der Waals surface area contributed by atoms with Crippen molar-refractivity contribution in [2.75, 3.05) is 36.4 Å². The van der Waals surface area contributed by atoms with E-state index in [1.54, 1.807) is 36.4 Å². The molecule has 2 heterocycles. The smallest absolute Gasteiger partial charge is 0.248 e. The van der Waals surface area contributed by atoms with E-state index in [-0.39, 0.29) is 11.8 Å². The second-order valence-electron chi connectivity index (χ2n) is 7.95. The maximum Gasteiger partial charge on any atom is 0.248 e. The van der Waals surface area contributed by atoms with Crippen molar-refractivity contribution in [2.24, 2.45) is 0 Å². The largest absolute Gasteiger partial charge is 0.457 e. The van der Waals surface area contributed by atoms with Crippen molar-refractivity contribution < 1.29 is 14.0 Å². The lowest BCUT2D eigenvalue weighted by molar-refractivity contribution is -0.131. The zero-order chi connectivity index (χ0) is 24.1. The molecule has 34 heavy (non-hydrogen) atoms. The van der Waals surface area contributed by atoms with Crippen LogP contribution in [-0.2, 0) is 9.59 Å². The molecule has 3 aromatic rings. The van der Waals surface area contributed by atoms with E-state index in [9.17, 15) is 9.59 Å². The standard InChI is InChI=1S/C26H25Cl2N3O3/c1-2-26(33)31-13-11-30(12-14-31)22-5-3-21(4-6-22)29-25(32)10-8-23-7-9-24(34-23)18-15-19(27)17-20(28)16-18/h3-10,15-17H,2,11-14H2,1H3,(H,29,32)/b10-8+. The molecule has 0 saturated carbocycles. The summed E-state index contributed by atoms with van der Waals surface area (Å²) in [5.74, 6) is 1.09. The fraction of sp³-hybridized carbons (Fsp3) is 0.231. The van der Waals surface area contributed by atoms with Crippen molar-refractivity contribution in [2.45, 2.75) is 13.3 Å². The third kappa shape index (κ3) is 6.01. The lowest BCUT2D eigenvalue weighted by Crippen LogP contribution is -2.48. The average molecular weight is 498 g/mol. The first-order chi connectivity index (χ1) is 16.4. The molecule has 1 aliphatic heterocycles. The number of furan rings is 1. The highest BCUT2D eigenvalue weighted by atomic mass is 35.5. The first-order valence-corrected chi connectivity index (χ1v) is 11.8. The molecule has 0 aliphatic carbocycles. The van der Waals surface area contributed by atoms with Crippen LogP contribution >= 0.6 is 23.2 Å². The van der Waals surface area contributed by atoms with Gasteiger partial charge in [-0.2, -0.15) is 0 Å². The molecule has 2 amide bonds. The van der Waals surface area contributed by atoms with Gasteiger partial charge in [0.2, 0.25) is 11.8 Å². The summed E-state index contributed by atoms with van der Waals surface area (Å²) in [4.78, 5) is 28.3. The number of piperazine rings is 1. The highest BCUT2D eigenvalue weighted by molar-refractivity contribution is 6.35. The summed E-state index contributed by atoms with van der Waals surface area (Å²) in [6, 6.07) is 16.5. The summed E-state index contributed by atoms with van der Waals surface area (Å²) in [5, 5.41) is 3.90. The van der Waals surface area contributed by atoms with Gasteiger partial charge in [-0.1, -0.05) is 30.1 Å². The van der Waals surface area contributed by atoms with E-state index in [1.807, 2.05) is 36.1 Å². The van der Waals surface area contributed by atoms with Crippen LogP contribution in [0, 0.1) is 0 Å². The number of nitrogens with zero attached hydrogens (tertiary/aromatic N) is 2. The maximum absolute atomic E-state index is 12.3. The Morgan fingerprint density at radius 1 is 0.971 bits per heavy atom. The molecular weight excluding hydrogens is 473 g/mol. The molecule has 1 N–H and O–H groups in total. The Morgan fingerprint density at radius 2 is 1.65 bits per heavy atom. The molecule has 0 radical (unpaired) electrons. The summed E-state index contributed by atoms with van der Waals surface area (Å²) in [5.41, 5.74) is 2.54. The number of hydrogen-bond acceptors (Lipinski definition) is 4. The maximum atomic E-state index is 12.3. The normalized spacial score (nSPS) is 14.0. The van der Waals surface area contributed by atoms with Crippen LogP contribution in [0.15, 0.2) is 65.1 Å². The fourth-order valence-corrected chi connectivity index (χ4v) is 4.35. The van der Waals surface area contributed by atoms with Crippen LogP contribution in [-0.4, -0.2) is 42.9 Å². The van der Waals surface area contributed by atoms with Crippen LogP contribution in [0.2, 0.25) is 10.0 Å². The van der Waals surface area contributed by atoms with Gasteiger partial charge in [0.25, 0.3) is 0 Å². The number of carbonyl (C=O) groups is 2. The minimum Gasteiger partial charge on any atom is -0.457 e. The topological polar surface area (TPSA) is 65.8 Å². The Bertz CT molecular complexity index is 1180. The summed E-state index contributed by atoms with van der Waals surface area (Å²) < 4.78 is 5.78. The van der Waals surface area contributed by atoms with Crippen molar-refractivity contribution in [3.8, 4) is 11.3 Å². The van der Waals surface area contributed by atoms with E-state index in [1.165, 1.54) is 6.08 Å². The monoisotopic (exact) mass is 497 g/mol. The average Bonchev–Trinajstić information content (AvgIpc) is 3.32. The Balaban J connectivity index is 1.31. The lowest BCUT2D eigenvalue weighted by atomic mass is 10.2. The van der Waals surface area contributed by atoms with Crippen molar-refractivity contribution in [3.05, 3.63) is 76.5 Å². The number of rotatable bonds is 6. The van der Waals surface area contributed by atoms with Gasteiger partial charge in [-0.15, -0.1) is 0 Å². The van der Waals surface area contributed by atoms with Crippen molar-refractivity contribution in [1.29, 1.82) is 0 Å². The fourth-order valence-electron chi connectivity index (χ4n) is 3.83. The number of carbonyl (C=O) groups excluding carboxylic acids is 2. The highest BCUT2D eigenvalue weighted by Gasteiger charge is 2.20. The van der Waals surface area contributed by atoms with E-state index >= 15 is 0 Å². The van der Waals surface area contributed by atoms with Gasteiger partial charge in [-0.25, -0.2) is 0 Å². The minimum atomic E-state index is -0.261. The molecule has 4 rings (SSSR count). The number of hydrogen-bond donors (Lipinski definition) is 1. The quantitative estimate of drug-likeness (QED) is 0.426. The minimum absolute atomic E-state index is 0.199. The Kier molecular flexibility index (Phi) is 7.60. The SMILES string of the molecule is CCC(=O)N1CCN(c2ccc(NC(=O)/C=C/c3ccc(-c4cc(Cl)cc(Cl)c4)o3)cc2)CC1. The van der Waals surface area contributed by atoms with Gasteiger partial charge in [0.05, 0.1) is 0 Å². The van der Waals surface area contributed by atoms with Gasteiger partial charge < -0.3 is 19.5 Å². The predicted octanol–water partition coefficient (Wildman–Crippen LogP) is 5.96. The number of benzene rings is 2. The van der Waals surface area contributed by atoms with Gasteiger partial charge in [-0.05, 0) is 60.7 Å². The van der Waals surface area contributed by atoms with Crippen molar-refractivity contribution >= 4 is 52.5 Å². The molecule has 0 atom stereocenters. The molecular formula is C26H25Cl2N3O3. The Labute approximate surface area is 208 Å². The molecule has 1 aromatic heterocycles. The van der Waals surface area contributed by atoms with Crippen LogP contribution in [0.5, 0.6) is 0 Å². The molecule has 1 saturated heterocycles. The van der Waals surface area contributed by atoms with E-state index in [0.29, 0.717) is 33.7 Å². The number of halogens is 2. The molecule has 6 nitrogen and oxygen atoms in total. The number of nitrogens with one attached hydrogen (secondary N) is 1. The summed E-state index contributed by atoms with van der Waals surface area (Å²) in [6.07, 6.45) is 3.57. The third-order valence-electron chi connectivity index (χ3n) is 5.61. The van der Waals surface area contributed by atoms with Gasteiger partial charge >= 0.3 is 0 Å². The molecule has 0 bridgehead atoms. The predicted molar refractivity (Wildman–Crippen MR) is 137 cm³/mol. The van der Waals surface area contributed by atoms with E-state index < -0.39 is 0 Å². The first kappa shape index (κ1) is 23.9. The molecule has 2 aromatic carbocycles. The van der Waals surface area contributed by atoms with Gasteiger partial charge in [0.15, 0.2) is 0 Å². The van der Waals surface area contributed by atoms with E-state index in [4.69, 9.17) is 27.6 Å². The first-order valence-electron chi connectivity index (χ1n) is 11.1. The van der Waals surface area contributed by atoms with Crippen LogP contribution in [0.25, 0.3) is 17.4 Å². The second kappa shape index (κ2) is 10.8. The Hall–Kier alpha value is -3.22. The molecule has 8 heteroatoms. The van der Waals surface area contributed by atoms with Gasteiger partial charge in [-0.3, -0.25) is 9.59 Å². The summed E-state index contributed by atoms with van der Waals surface area (Å²) in [7, 11) is 0.